The number of thioether (sulfide) groups is 1. The Kier molecular flexibility index (Phi) is 4.46. The lowest BCUT2D eigenvalue weighted by Crippen LogP contribution is -2.35. The first kappa shape index (κ1) is 9.86. The lowest BCUT2D eigenvalue weighted by Gasteiger charge is -2.21. The van der Waals surface area contributed by atoms with Gasteiger partial charge in [-0.15, -0.1) is 0 Å². The highest BCUT2D eigenvalue weighted by Gasteiger charge is 2.13. The Balaban J connectivity index is 2.09. The summed E-state index contributed by atoms with van der Waals surface area (Å²) in [5, 5.41) is 2.82. The van der Waals surface area contributed by atoms with E-state index in [4.69, 9.17) is 5.73 Å². The molecule has 1 unspecified atom stereocenters. The molecule has 3 nitrogen and oxygen atoms in total. The van der Waals surface area contributed by atoms with Crippen LogP contribution < -0.4 is 11.1 Å². The van der Waals surface area contributed by atoms with Crippen LogP contribution in [0.25, 0.3) is 0 Å². The largest absolute Gasteiger partial charge is 0.355 e. The van der Waals surface area contributed by atoms with Crippen molar-refractivity contribution < 1.29 is 4.79 Å². The fourth-order valence-electron chi connectivity index (χ4n) is 1.30. The summed E-state index contributed by atoms with van der Waals surface area (Å²) in [6.45, 7) is 0.920. The second kappa shape index (κ2) is 5.43. The second-order valence-corrected chi connectivity index (χ2v) is 4.24. The third-order valence-corrected chi connectivity index (χ3v) is 3.31. The highest BCUT2D eigenvalue weighted by atomic mass is 32.2. The van der Waals surface area contributed by atoms with E-state index in [9.17, 15) is 4.79 Å². The predicted molar refractivity (Wildman–Crippen MR) is 52.1 cm³/mol. The van der Waals surface area contributed by atoms with E-state index < -0.39 is 0 Å². The first-order valence-electron chi connectivity index (χ1n) is 4.37. The van der Waals surface area contributed by atoms with Crippen LogP contribution in [-0.4, -0.2) is 30.5 Å². The van der Waals surface area contributed by atoms with Gasteiger partial charge in [0.25, 0.3) is 0 Å². The van der Waals surface area contributed by atoms with Crippen molar-refractivity contribution in [2.24, 2.45) is 11.7 Å². The van der Waals surface area contributed by atoms with Gasteiger partial charge in [0.1, 0.15) is 0 Å². The van der Waals surface area contributed by atoms with Crippen molar-refractivity contribution in [3.8, 4) is 0 Å². The smallest absolute Gasteiger partial charge is 0.233 e. The molecular weight excluding hydrogens is 172 g/mol. The number of hydrogen-bond donors (Lipinski definition) is 2. The van der Waals surface area contributed by atoms with Crippen molar-refractivity contribution in [3.63, 3.8) is 0 Å². The number of nitrogens with one attached hydrogen (secondary N) is 1. The van der Waals surface area contributed by atoms with E-state index in [1.165, 1.54) is 24.3 Å². The van der Waals surface area contributed by atoms with Crippen LogP contribution >= 0.6 is 11.8 Å². The van der Waals surface area contributed by atoms with Gasteiger partial charge in [0, 0.05) is 6.54 Å². The van der Waals surface area contributed by atoms with Crippen molar-refractivity contribution in [3.05, 3.63) is 0 Å². The quantitative estimate of drug-likeness (QED) is 0.665. The Morgan fingerprint density at radius 2 is 2.50 bits per heavy atom. The van der Waals surface area contributed by atoms with Gasteiger partial charge in [0.2, 0.25) is 5.91 Å². The first-order valence-corrected chi connectivity index (χ1v) is 5.53. The summed E-state index contributed by atoms with van der Waals surface area (Å²) >= 11 is 1.98. The molecule has 3 N–H and O–H groups in total. The van der Waals surface area contributed by atoms with Crippen LogP contribution in [0.1, 0.15) is 12.8 Å². The van der Waals surface area contributed by atoms with Gasteiger partial charge >= 0.3 is 0 Å². The lowest BCUT2D eigenvalue weighted by atomic mass is 10.1. The van der Waals surface area contributed by atoms with E-state index in [0.29, 0.717) is 5.92 Å². The standard InChI is InChI=1S/C8H16N2OS/c9-4-8(11)10-5-7-2-1-3-12-6-7/h7H,1-6,9H2,(H,10,11). The Morgan fingerprint density at radius 1 is 1.67 bits per heavy atom. The van der Waals surface area contributed by atoms with Gasteiger partial charge < -0.3 is 11.1 Å². The summed E-state index contributed by atoms with van der Waals surface area (Å²) < 4.78 is 0. The molecular formula is C8H16N2OS. The van der Waals surface area contributed by atoms with Gasteiger partial charge in [-0.3, -0.25) is 4.79 Å². The van der Waals surface area contributed by atoms with Crippen LogP contribution in [-0.2, 0) is 4.79 Å². The number of hydrogen-bond acceptors (Lipinski definition) is 3. The molecule has 1 atom stereocenters. The zero-order valence-corrected chi connectivity index (χ0v) is 8.03. The topological polar surface area (TPSA) is 55.1 Å². The third-order valence-electron chi connectivity index (χ3n) is 2.03. The van der Waals surface area contributed by atoms with E-state index in [2.05, 4.69) is 5.32 Å². The maximum Gasteiger partial charge on any atom is 0.233 e. The summed E-state index contributed by atoms with van der Waals surface area (Å²) in [4.78, 5) is 10.8. The highest BCUT2D eigenvalue weighted by Crippen LogP contribution is 2.21. The summed E-state index contributed by atoms with van der Waals surface area (Å²) in [6.07, 6.45) is 2.53. The molecule has 1 aliphatic heterocycles. The summed E-state index contributed by atoms with van der Waals surface area (Å²) in [7, 11) is 0. The molecule has 1 aliphatic rings. The molecule has 0 saturated carbocycles. The van der Waals surface area contributed by atoms with E-state index in [0.717, 1.165) is 6.54 Å². The Bertz CT molecular complexity index is 146. The maximum atomic E-state index is 10.8. The molecule has 1 heterocycles. The number of amides is 1. The molecule has 0 spiro atoms. The van der Waals surface area contributed by atoms with Crippen molar-refractivity contribution in [1.29, 1.82) is 0 Å². The molecule has 1 amide bonds. The molecule has 0 aromatic rings. The molecule has 0 aliphatic carbocycles. The van der Waals surface area contributed by atoms with Crippen LogP contribution in [0.2, 0.25) is 0 Å². The average molecular weight is 188 g/mol. The zero-order valence-electron chi connectivity index (χ0n) is 7.21. The number of rotatable bonds is 3. The monoisotopic (exact) mass is 188 g/mol. The van der Waals surface area contributed by atoms with Crippen LogP contribution in [0, 0.1) is 5.92 Å². The number of nitrogens with two attached hydrogens (primary N) is 1. The second-order valence-electron chi connectivity index (χ2n) is 3.09. The number of carbonyl (C=O) groups excluding carboxylic acids is 1. The summed E-state index contributed by atoms with van der Waals surface area (Å²) in [5.74, 6) is 3.09. The minimum atomic E-state index is -0.0365. The van der Waals surface area contributed by atoms with Crippen molar-refractivity contribution in [2.45, 2.75) is 12.8 Å². The fraction of sp³-hybridized carbons (Fsp3) is 0.875. The Hall–Kier alpha value is -0.220. The fourth-order valence-corrected chi connectivity index (χ4v) is 2.45. The minimum Gasteiger partial charge on any atom is -0.355 e. The minimum absolute atomic E-state index is 0.0365. The molecule has 0 aromatic heterocycles. The maximum absolute atomic E-state index is 10.8. The Morgan fingerprint density at radius 3 is 3.08 bits per heavy atom. The van der Waals surface area contributed by atoms with E-state index >= 15 is 0 Å². The van der Waals surface area contributed by atoms with E-state index in [-0.39, 0.29) is 12.5 Å². The molecule has 0 radical (unpaired) electrons. The van der Waals surface area contributed by atoms with E-state index in [1.54, 1.807) is 0 Å². The van der Waals surface area contributed by atoms with Gasteiger partial charge in [0.15, 0.2) is 0 Å². The molecule has 12 heavy (non-hydrogen) atoms. The molecule has 1 rings (SSSR count). The van der Waals surface area contributed by atoms with E-state index in [1.807, 2.05) is 11.8 Å². The SMILES string of the molecule is NCC(=O)NCC1CCCSC1. The highest BCUT2D eigenvalue weighted by molar-refractivity contribution is 7.99. The van der Waals surface area contributed by atoms with Gasteiger partial charge in [-0.05, 0) is 30.3 Å². The number of carbonyl (C=O) groups is 1. The van der Waals surface area contributed by atoms with Crippen molar-refractivity contribution in [2.75, 3.05) is 24.6 Å². The van der Waals surface area contributed by atoms with Crippen LogP contribution in [0.4, 0.5) is 0 Å². The molecule has 0 bridgehead atoms. The van der Waals surface area contributed by atoms with Crippen LogP contribution in [0.5, 0.6) is 0 Å². The summed E-state index contributed by atoms with van der Waals surface area (Å²) in [5.41, 5.74) is 5.17. The van der Waals surface area contributed by atoms with Crippen molar-refractivity contribution >= 4 is 17.7 Å². The first-order chi connectivity index (χ1) is 5.83. The summed E-state index contributed by atoms with van der Waals surface area (Å²) in [6, 6.07) is 0. The molecule has 70 valence electrons. The van der Waals surface area contributed by atoms with Crippen molar-refractivity contribution in [1.82, 2.24) is 5.32 Å². The molecule has 4 heteroatoms. The van der Waals surface area contributed by atoms with Gasteiger partial charge in [-0.2, -0.15) is 11.8 Å². The molecule has 1 fully saturated rings. The average Bonchev–Trinajstić information content (AvgIpc) is 2.16. The van der Waals surface area contributed by atoms with Gasteiger partial charge in [-0.25, -0.2) is 0 Å². The molecule has 0 aromatic carbocycles. The van der Waals surface area contributed by atoms with Crippen LogP contribution in [0.15, 0.2) is 0 Å². The predicted octanol–water partition coefficient (Wildman–Crippen LogP) is 0.204. The van der Waals surface area contributed by atoms with Gasteiger partial charge in [-0.1, -0.05) is 0 Å². The zero-order chi connectivity index (χ0) is 8.81. The molecule has 1 saturated heterocycles. The van der Waals surface area contributed by atoms with Gasteiger partial charge in [0.05, 0.1) is 6.54 Å². The Labute approximate surface area is 77.5 Å². The van der Waals surface area contributed by atoms with Crippen LogP contribution in [0.3, 0.4) is 0 Å². The normalized spacial score (nSPS) is 23.6. The lowest BCUT2D eigenvalue weighted by molar-refractivity contribution is -0.119. The third kappa shape index (κ3) is 3.45.